The van der Waals surface area contributed by atoms with Gasteiger partial charge >= 0.3 is 0 Å². The van der Waals surface area contributed by atoms with E-state index in [0.717, 1.165) is 18.1 Å². The van der Waals surface area contributed by atoms with Crippen molar-refractivity contribution in [2.75, 3.05) is 18.1 Å². The Morgan fingerprint density at radius 1 is 0.744 bits per heavy atom. The summed E-state index contributed by atoms with van der Waals surface area (Å²) >= 11 is 10.9. The fourth-order valence-corrected chi connectivity index (χ4v) is 18.1. The molecule has 0 saturated heterocycles. The molecule has 2 aliphatic heterocycles. The Hall–Kier alpha value is -1.54. The molecule has 2 aliphatic rings. The number of nitrogens with zero attached hydrogens (tertiary/aromatic N) is 3. The molecular weight excluding hydrogens is 663 g/mol. The second-order valence-corrected chi connectivity index (χ2v) is 22.5. The van der Waals surface area contributed by atoms with Crippen molar-refractivity contribution in [3.05, 3.63) is 90.0 Å². The van der Waals surface area contributed by atoms with E-state index in [0.29, 0.717) is 19.4 Å². The van der Waals surface area contributed by atoms with Crippen LogP contribution in [0.25, 0.3) is 0 Å². The van der Waals surface area contributed by atoms with Crippen LogP contribution in [-0.2, 0) is 11.0 Å². The summed E-state index contributed by atoms with van der Waals surface area (Å²) in [5, 5.41) is 20.5. The van der Waals surface area contributed by atoms with Crippen LogP contribution in [0.2, 0.25) is 5.04 Å². The van der Waals surface area contributed by atoms with Crippen molar-refractivity contribution in [1.82, 2.24) is 4.57 Å². The van der Waals surface area contributed by atoms with Crippen LogP contribution in [0, 0.1) is 22.7 Å². The molecule has 0 radical (unpaired) electrons. The highest BCUT2D eigenvalue weighted by Crippen LogP contribution is 2.64. The van der Waals surface area contributed by atoms with Gasteiger partial charge in [-0.2, -0.15) is 10.5 Å². The van der Waals surface area contributed by atoms with Gasteiger partial charge in [0, 0.05) is 53.1 Å². The predicted molar refractivity (Wildman–Crippen MR) is 194 cm³/mol. The molecule has 5 rings (SSSR count). The third kappa shape index (κ3) is 7.65. The van der Waals surface area contributed by atoms with Gasteiger partial charge in [-0.15, -0.1) is 23.5 Å². The molecule has 0 saturated carbocycles. The molecule has 0 fully saturated rings. The molecule has 0 spiro atoms. The molecule has 0 bridgehead atoms. The van der Waals surface area contributed by atoms with Gasteiger partial charge in [-0.1, -0.05) is 128 Å². The summed E-state index contributed by atoms with van der Waals surface area (Å²) < 4.78 is 14.6. The Morgan fingerprint density at radius 2 is 1.21 bits per heavy atom. The monoisotopic (exact) mass is 695 g/mol. The molecule has 43 heavy (non-hydrogen) atoms. The highest BCUT2D eigenvalue weighted by atomic mass is 32.3. The van der Waals surface area contributed by atoms with E-state index in [-0.39, 0.29) is 5.04 Å². The Labute approximate surface area is 282 Å². The van der Waals surface area contributed by atoms with Crippen LogP contribution < -0.4 is 10.4 Å². The van der Waals surface area contributed by atoms with Crippen LogP contribution in [0.3, 0.4) is 0 Å². The van der Waals surface area contributed by atoms with Crippen molar-refractivity contribution in [3.8, 4) is 12.1 Å². The average molecular weight is 696 g/mol. The first-order valence-corrected chi connectivity index (χ1v) is 21.1. The molecule has 0 aliphatic carbocycles. The number of hydrogen-bond donors (Lipinski definition) is 0. The molecule has 0 unspecified atom stereocenters. The lowest BCUT2D eigenvalue weighted by molar-refractivity contribution is 0.280. The molecular formula is C32H33N3OS6Si. The maximum absolute atomic E-state index is 8.98. The highest BCUT2D eigenvalue weighted by molar-refractivity contribution is 8.42. The van der Waals surface area contributed by atoms with E-state index in [1.165, 1.54) is 37.1 Å². The third-order valence-electron chi connectivity index (χ3n) is 6.90. The van der Waals surface area contributed by atoms with Crippen LogP contribution in [0.1, 0.15) is 33.6 Å². The fraction of sp³-hybridized carbons (Fsp3) is 0.312. The standard InChI is InChI=1S/C32H33N3OS6Si/c1-32(2,3)43(24-12-6-4-7-13-24,25-14-8-5-9-15-25)36-19-18-35-22-26-27(23-35)40-30(39-26)31-41-28(37-20-10-16-33)29(42-31)38-21-11-17-34/h4-9,12-15,22-23H,10-11,18-21H2,1-3H3. The minimum absolute atomic E-state index is 0.0386. The summed E-state index contributed by atoms with van der Waals surface area (Å²) in [5.74, 6) is 1.59. The van der Waals surface area contributed by atoms with Crippen LogP contribution in [-0.4, -0.2) is 31.0 Å². The fourth-order valence-electron chi connectivity index (χ4n) is 5.03. The first-order valence-electron chi connectivity index (χ1n) is 14.0. The summed E-state index contributed by atoms with van der Waals surface area (Å²) in [6, 6.07) is 26.1. The topological polar surface area (TPSA) is 61.7 Å². The van der Waals surface area contributed by atoms with Crippen LogP contribution in [0.15, 0.2) is 99.8 Å². The van der Waals surface area contributed by atoms with Gasteiger partial charge in [0.15, 0.2) is 0 Å². The smallest absolute Gasteiger partial charge is 0.261 e. The molecule has 0 amide bonds. The van der Waals surface area contributed by atoms with Gasteiger partial charge in [-0.25, -0.2) is 0 Å². The van der Waals surface area contributed by atoms with E-state index in [1.54, 1.807) is 23.5 Å². The molecule has 11 heteroatoms. The van der Waals surface area contributed by atoms with Gasteiger partial charge < -0.3 is 8.99 Å². The minimum Gasteiger partial charge on any atom is -0.406 e. The first kappa shape index (κ1) is 32.8. The van der Waals surface area contributed by atoms with Crippen LogP contribution in [0.4, 0.5) is 0 Å². The zero-order valence-electron chi connectivity index (χ0n) is 24.4. The number of thioether (sulfide) groups is 6. The van der Waals surface area contributed by atoms with Crippen molar-refractivity contribution in [3.63, 3.8) is 0 Å². The second-order valence-electron chi connectivity index (χ2n) is 10.8. The van der Waals surface area contributed by atoms with E-state index in [1.807, 2.05) is 47.0 Å². The largest absolute Gasteiger partial charge is 0.406 e. The lowest BCUT2D eigenvalue weighted by atomic mass is 10.2. The summed E-state index contributed by atoms with van der Waals surface area (Å²) in [4.78, 5) is 2.59. The van der Waals surface area contributed by atoms with Crippen molar-refractivity contribution in [2.45, 2.75) is 55.0 Å². The molecule has 3 aromatic rings. The number of aromatic nitrogens is 1. The first-order chi connectivity index (χ1) is 20.9. The number of nitriles is 2. The molecule has 222 valence electrons. The van der Waals surface area contributed by atoms with E-state index in [2.05, 4.69) is 111 Å². The van der Waals surface area contributed by atoms with Gasteiger partial charge in [0.2, 0.25) is 0 Å². The molecule has 2 aromatic carbocycles. The number of rotatable bonds is 12. The lowest BCUT2D eigenvalue weighted by Crippen LogP contribution is -2.66. The van der Waals surface area contributed by atoms with Crippen molar-refractivity contribution < 1.29 is 4.43 Å². The number of benzene rings is 2. The third-order valence-corrected chi connectivity index (χ3v) is 20.5. The normalized spacial score (nSPS) is 15.1. The van der Waals surface area contributed by atoms with E-state index >= 15 is 0 Å². The predicted octanol–water partition coefficient (Wildman–Crippen LogP) is 9.29. The van der Waals surface area contributed by atoms with Gasteiger partial charge in [0.05, 0.1) is 35.7 Å². The van der Waals surface area contributed by atoms with Gasteiger partial charge in [-0.3, -0.25) is 0 Å². The summed E-state index contributed by atoms with van der Waals surface area (Å²) in [7, 11) is -2.55. The number of hydrogen-bond acceptors (Lipinski definition) is 9. The zero-order chi connectivity index (χ0) is 30.3. The Kier molecular flexibility index (Phi) is 11.6. The molecule has 1 aromatic heterocycles. The van der Waals surface area contributed by atoms with Crippen molar-refractivity contribution in [1.29, 1.82) is 10.5 Å². The average Bonchev–Trinajstić information content (AvgIpc) is 3.70. The van der Waals surface area contributed by atoms with Crippen LogP contribution >= 0.6 is 70.6 Å². The summed E-state index contributed by atoms with van der Waals surface area (Å²) in [5.41, 5.74) is 0. The quantitative estimate of drug-likeness (QED) is 0.136. The Morgan fingerprint density at radius 3 is 1.65 bits per heavy atom. The molecule has 3 heterocycles. The SMILES string of the molecule is CC(C)(C)[Si](OCCn1cc2c(c1)SC(=C1SC(SCCC#N)=C(SCCC#N)S1)S2)(c1ccccc1)c1ccccc1. The zero-order valence-corrected chi connectivity index (χ0v) is 30.3. The summed E-state index contributed by atoms with van der Waals surface area (Å²) in [6.45, 7) is 8.41. The van der Waals surface area contributed by atoms with Crippen LogP contribution in [0.5, 0.6) is 0 Å². The molecule has 4 nitrogen and oxygen atoms in total. The van der Waals surface area contributed by atoms with E-state index in [4.69, 9.17) is 14.9 Å². The van der Waals surface area contributed by atoms with Crippen molar-refractivity contribution >= 4 is 89.3 Å². The maximum atomic E-state index is 8.98. The highest BCUT2D eigenvalue weighted by Gasteiger charge is 2.50. The van der Waals surface area contributed by atoms with Crippen molar-refractivity contribution in [2.24, 2.45) is 0 Å². The molecule has 0 N–H and O–H groups in total. The lowest BCUT2D eigenvalue weighted by Gasteiger charge is -2.43. The maximum Gasteiger partial charge on any atom is 0.261 e. The van der Waals surface area contributed by atoms with Gasteiger partial charge in [0.25, 0.3) is 8.32 Å². The number of fused-ring (bicyclic) bond motifs is 1. The second kappa shape index (κ2) is 15.2. The van der Waals surface area contributed by atoms with Gasteiger partial charge in [-0.05, 0) is 15.4 Å². The Balaban J connectivity index is 1.27. The van der Waals surface area contributed by atoms with E-state index in [9.17, 15) is 0 Å². The van der Waals surface area contributed by atoms with Gasteiger partial charge in [0.1, 0.15) is 0 Å². The summed E-state index contributed by atoms with van der Waals surface area (Å²) in [6.07, 6.45) is 5.61. The Bertz CT molecular complexity index is 1470. The molecule has 0 atom stereocenters. The van der Waals surface area contributed by atoms with E-state index < -0.39 is 8.32 Å². The minimum atomic E-state index is -2.55.